The van der Waals surface area contributed by atoms with Crippen molar-refractivity contribution in [1.82, 2.24) is 5.32 Å². The van der Waals surface area contributed by atoms with Crippen molar-refractivity contribution in [3.05, 3.63) is 35.4 Å². The van der Waals surface area contributed by atoms with Crippen LogP contribution in [0.5, 0.6) is 0 Å². The molecule has 3 aliphatic rings. The van der Waals surface area contributed by atoms with Crippen molar-refractivity contribution in [2.24, 2.45) is 11.8 Å². The van der Waals surface area contributed by atoms with Crippen LogP contribution >= 0.6 is 11.8 Å². The van der Waals surface area contributed by atoms with E-state index in [2.05, 4.69) is 41.3 Å². The lowest BCUT2D eigenvalue weighted by molar-refractivity contribution is 0.306. The van der Waals surface area contributed by atoms with E-state index < -0.39 is 0 Å². The maximum absolute atomic E-state index is 4.07. The molecule has 20 heavy (non-hydrogen) atoms. The van der Waals surface area contributed by atoms with Crippen LogP contribution in [0.3, 0.4) is 0 Å². The summed E-state index contributed by atoms with van der Waals surface area (Å²) in [5.41, 5.74) is 3.26. The summed E-state index contributed by atoms with van der Waals surface area (Å²) in [6.07, 6.45) is 8.31. The molecule has 0 amide bonds. The molecule has 1 saturated heterocycles. The Hall–Kier alpha value is -0.470. The van der Waals surface area contributed by atoms with E-state index in [9.17, 15) is 0 Å². The van der Waals surface area contributed by atoms with Crippen LogP contribution in [0.25, 0.3) is 0 Å². The SMILES string of the molecule is c1ccc2c(c1)CC1CCC(C2)C1NC1CCCSC1. The van der Waals surface area contributed by atoms with E-state index >= 15 is 0 Å². The smallest absolute Gasteiger partial charge is 0.0161 e. The van der Waals surface area contributed by atoms with Gasteiger partial charge in [-0.15, -0.1) is 0 Å². The van der Waals surface area contributed by atoms with Crippen LogP contribution in [0.15, 0.2) is 24.3 Å². The molecule has 2 fully saturated rings. The number of nitrogens with one attached hydrogen (secondary N) is 1. The number of benzene rings is 1. The van der Waals surface area contributed by atoms with Gasteiger partial charge >= 0.3 is 0 Å². The quantitative estimate of drug-likeness (QED) is 0.891. The largest absolute Gasteiger partial charge is 0.310 e. The highest BCUT2D eigenvalue weighted by Crippen LogP contribution is 2.40. The van der Waals surface area contributed by atoms with Crippen molar-refractivity contribution in [1.29, 1.82) is 0 Å². The van der Waals surface area contributed by atoms with Crippen LogP contribution in [0.2, 0.25) is 0 Å². The third kappa shape index (κ3) is 2.53. The average Bonchev–Trinajstić information content (AvgIpc) is 2.75. The van der Waals surface area contributed by atoms with E-state index in [4.69, 9.17) is 0 Å². The van der Waals surface area contributed by atoms with Crippen LogP contribution in [0, 0.1) is 11.8 Å². The third-order valence-corrected chi connectivity index (χ3v) is 6.81. The highest BCUT2D eigenvalue weighted by atomic mass is 32.2. The number of rotatable bonds is 2. The maximum Gasteiger partial charge on any atom is 0.0161 e. The number of hydrogen-bond donors (Lipinski definition) is 1. The van der Waals surface area contributed by atoms with Crippen LogP contribution in [-0.4, -0.2) is 23.6 Å². The fourth-order valence-corrected chi connectivity index (χ4v) is 5.65. The van der Waals surface area contributed by atoms with Gasteiger partial charge in [0.05, 0.1) is 0 Å². The third-order valence-electron chi connectivity index (χ3n) is 5.60. The minimum atomic E-state index is 0.781. The summed E-state index contributed by atoms with van der Waals surface area (Å²) in [4.78, 5) is 0. The maximum atomic E-state index is 4.07. The molecule has 2 heteroatoms. The summed E-state index contributed by atoms with van der Waals surface area (Å²) in [6, 6.07) is 10.7. The van der Waals surface area contributed by atoms with Crippen molar-refractivity contribution >= 4 is 11.8 Å². The number of fused-ring (bicyclic) bond motifs is 3. The minimum absolute atomic E-state index is 0.781. The second-order valence-corrected chi connectivity index (χ2v) is 8.03. The predicted molar refractivity (Wildman–Crippen MR) is 87.3 cm³/mol. The second kappa shape index (κ2) is 5.73. The first-order valence-electron chi connectivity index (χ1n) is 8.31. The van der Waals surface area contributed by atoms with Crippen LogP contribution < -0.4 is 5.32 Å². The Labute approximate surface area is 126 Å². The van der Waals surface area contributed by atoms with Gasteiger partial charge in [-0.3, -0.25) is 0 Å². The molecule has 1 nitrogen and oxygen atoms in total. The van der Waals surface area contributed by atoms with Crippen LogP contribution in [0.4, 0.5) is 0 Å². The Morgan fingerprint density at radius 1 is 0.950 bits per heavy atom. The van der Waals surface area contributed by atoms with Gasteiger partial charge in [-0.1, -0.05) is 24.3 Å². The lowest BCUT2D eigenvalue weighted by Crippen LogP contribution is -2.46. The van der Waals surface area contributed by atoms with Crippen molar-refractivity contribution in [3.8, 4) is 0 Å². The van der Waals surface area contributed by atoms with Crippen molar-refractivity contribution < 1.29 is 0 Å². The summed E-state index contributed by atoms with van der Waals surface area (Å²) in [7, 11) is 0. The van der Waals surface area contributed by atoms with Crippen LogP contribution in [-0.2, 0) is 12.8 Å². The molecule has 0 aromatic heterocycles. The summed E-state index contributed by atoms with van der Waals surface area (Å²) in [5.74, 6) is 4.48. The standard InChI is InChI=1S/C18H25NS/c1-2-5-14-11-16-8-7-15(10-13(14)4-1)18(16)19-17-6-3-9-20-12-17/h1-2,4-5,15-19H,3,6-12H2. The van der Waals surface area contributed by atoms with Gasteiger partial charge in [-0.05, 0) is 67.2 Å². The first-order valence-corrected chi connectivity index (χ1v) is 9.46. The van der Waals surface area contributed by atoms with Gasteiger partial charge in [-0.25, -0.2) is 0 Å². The molecule has 0 spiro atoms. The lowest BCUT2D eigenvalue weighted by atomic mass is 9.94. The Balaban J connectivity index is 1.51. The molecular weight excluding hydrogens is 262 g/mol. The van der Waals surface area contributed by atoms with E-state index in [1.165, 1.54) is 50.0 Å². The first kappa shape index (κ1) is 13.2. The summed E-state index contributed by atoms with van der Waals surface area (Å²) in [5, 5.41) is 4.07. The fraction of sp³-hybridized carbons (Fsp3) is 0.667. The molecule has 1 N–H and O–H groups in total. The Morgan fingerprint density at radius 2 is 1.65 bits per heavy atom. The molecule has 1 aliphatic heterocycles. The van der Waals surface area contributed by atoms with Crippen molar-refractivity contribution in [2.45, 2.75) is 50.6 Å². The van der Waals surface area contributed by atoms with Gasteiger partial charge in [0, 0.05) is 17.8 Å². The van der Waals surface area contributed by atoms with Crippen molar-refractivity contribution in [2.75, 3.05) is 11.5 Å². The predicted octanol–water partition coefficient (Wildman–Crippen LogP) is 3.67. The summed E-state index contributed by atoms with van der Waals surface area (Å²) in [6.45, 7) is 0. The van der Waals surface area contributed by atoms with Crippen molar-refractivity contribution in [3.63, 3.8) is 0 Å². The zero-order valence-corrected chi connectivity index (χ0v) is 13.0. The molecule has 3 unspecified atom stereocenters. The molecular formula is C18H25NS. The number of hydrogen-bond acceptors (Lipinski definition) is 2. The molecule has 1 saturated carbocycles. The summed E-state index contributed by atoms with van der Waals surface area (Å²) < 4.78 is 0. The minimum Gasteiger partial charge on any atom is -0.310 e. The fourth-order valence-electron chi connectivity index (χ4n) is 4.57. The summed E-state index contributed by atoms with van der Waals surface area (Å²) >= 11 is 2.14. The number of thioether (sulfide) groups is 1. The molecule has 2 bridgehead atoms. The van der Waals surface area contributed by atoms with Gasteiger partial charge in [0.25, 0.3) is 0 Å². The molecule has 2 aliphatic carbocycles. The van der Waals surface area contributed by atoms with E-state index in [1.54, 1.807) is 11.1 Å². The molecule has 108 valence electrons. The first-order chi connectivity index (χ1) is 9.90. The molecule has 1 aromatic rings. The highest BCUT2D eigenvalue weighted by molar-refractivity contribution is 7.99. The van der Waals surface area contributed by atoms with Gasteiger partial charge < -0.3 is 5.32 Å². The van der Waals surface area contributed by atoms with Gasteiger partial charge in [0.2, 0.25) is 0 Å². The Kier molecular flexibility index (Phi) is 3.78. The second-order valence-electron chi connectivity index (χ2n) is 6.88. The Morgan fingerprint density at radius 3 is 2.25 bits per heavy atom. The van der Waals surface area contributed by atoms with E-state index in [1.807, 2.05) is 0 Å². The molecule has 3 atom stereocenters. The van der Waals surface area contributed by atoms with Gasteiger partial charge in [0.15, 0.2) is 0 Å². The van der Waals surface area contributed by atoms with E-state index in [0.717, 1.165) is 23.9 Å². The zero-order chi connectivity index (χ0) is 13.4. The molecule has 0 radical (unpaired) electrons. The normalized spacial score (nSPS) is 36.4. The van der Waals surface area contributed by atoms with Crippen LogP contribution in [0.1, 0.15) is 36.8 Å². The highest BCUT2D eigenvalue weighted by Gasteiger charge is 2.39. The molecule has 1 heterocycles. The monoisotopic (exact) mass is 287 g/mol. The van der Waals surface area contributed by atoms with E-state index in [0.29, 0.717) is 0 Å². The van der Waals surface area contributed by atoms with Gasteiger partial charge in [0.1, 0.15) is 0 Å². The molecule has 1 aromatic carbocycles. The Bertz CT molecular complexity index is 433. The average molecular weight is 287 g/mol. The lowest BCUT2D eigenvalue weighted by Gasteiger charge is -2.31. The topological polar surface area (TPSA) is 12.0 Å². The zero-order valence-electron chi connectivity index (χ0n) is 12.2. The molecule has 4 rings (SSSR count). The van der Waals surface area contributed by atoms with E-state index in [-0.39, 0.29) is 0 Å². The van der Waals surface area contributed by atoms with Gasteiger partial charge in [-0.2, -0.15) is 11.8 Å².